The van der Waals surface area contributed by atoms with Crippen LogP contribution in [0.1, 0.15) is 19.4 Å². The summed E-state index contributed by atoms with van der Waals surface area (Å²) in [4.78, 5) is 47.9. The molecule has 11 heteroatoms. The predicted molar refractivity (Wildman–Crippen MR) is 113 cm³/mol. The lowest BCUT2D eigenvalue weighted by Gasteiger charge is -2.14. The number of aliphatic carboxylic acids is 1. The highest BCUT2D eigenvalue weighted by Gasteiger charge is 2.36. The number of carbonyl (C=O) groups is 4. The van der Waals surface area contributed by atoms with Crippen LogP contribution in [0.3, 0.4) is 0 Å². The van der Waals surface area contributed by atoms with Crippen LogP contribution in [0.5, 0.6) is 11.5 Å². The van der Waals surface area contributed by atoms with Gasteiger partial charge in [-0.05, 0) is 72.0 Å². The van der Waals surface area contributed by atoms with Gasteiger partial charge in [-0.15, -0.1) is 0 Å². The molecule has 0 saturated carbocycles. The molecule has 1 saturated heterocycles. The molecule has 1 heterocycles. The molecule has 0 atom stereocenters. The van der Waals surface area contributed by atoms with Gasteiger partial charge < -0.3 is 19.3 Å². The maximum absolute atomic E-state index is 12.5. The molecule has 1 fully saturated rings. The summed E-state index contributed by atoms with van der Waals surface area (Å²) < 4.78 is 16.2. The molecule has 0 spiro atoms. The van der Waals surface area contributed by atoms with Gasteiger partial charge in [0.05, 0.1) is 21.7 Å². The van der Waals surface area contributed by atoms with E-state index in [-0.39, 0.29) is 17.3 Å². The fraction of sp³-hybridized carbons (Fsp3) is 0.333. The number of nitrogens with zero attached hydrogens (tertiary/aromatic N) is 1. The molecular weight excluding hydrogens is 517 g/mol. The van der Waals surface area contributed by atoms with Gasteiger partial charge in [-0.3, -0.25) is 19.3 Å². The topological polar surface area (TPSA) is 119 Å². The number of hydrogen-bond donors (Lipinski definition) is 1. The lowest BCUT2D eigenvalue weighted by atomic mass is 10.2. The normalized spacial score (nSPS) is 15.0. The van der Waals surface area contributed by atoms with E-state index < -0.39 is 36.2 Å². The number of benzene rings is 1. The van der Waals surface area contributed by atoms with Gasteiger partial charge in [-0.1, -0.05) is 0 Å². The maximum Gasteiger partial charge on any atom is 0.341 e. The smallest absolute Gasteiger partial charge is 0.341 e. The number of imide groups is 1. The summed E-state index contributed by atoms with van der Waals surface area (Å²) in [6.07, 6.45) is 1.50. The Hall–Kier alpha value is -2.28. The molecule has 1 aliphatic heterocycles. The van der Waals surface area contributed by atoms with Crippen LogP contribution >= 0.6 is 34.4 Å². The van der Waals surface area contributed by atoms with Gasteiger partial charge >= 0.3 is 11.9 Å². The second-order valence-corrected chi connectivity index (χ2v) is 7.67. The quantitative estimate of drug-likeness (QED) is 0.289. The highest BCUT2D eigenvalue weighted by Crippen LogP contribution is 2.37. The second-order valence-electron chi connectivity index (χ2n) is 5.52. The molecule has 2 amide bonds. The van der Waals surface area contributed by atoms with Gasteiger partial charge in [0.15, 0.2) is 18.1 Å². The number of carbonyl (C=O) groups excluding carboxylic acids is 3. The van der Waals surface area contributed by atoms with Crippen LogP contribution in [0.4, 0.5) is 4.79 Å². The Morgan fingerprint density at radius 1 is 1.21 bits per heavy atom. The Morgan fingerprint density at radius 3 is 2.55 bits per heavy atom. The van der Waals surface area contributed by atoms with Crippen molar-refractivity contribution in [1.29, 1.82) is 0 Å². The number of halogens is 1. The zero-order valence-electron chi connectivity index (χ0n) is 15.6. The maximum atomic E-state index is 12.5. The largest absolute Gasteiger partial charge is 0.490 e. The number of ether oxygens (including phenoxy) is 3. The van der Waals surface area contributed by atoms with E-state index in [1.54, 1.807) is 26.0 Å². The first-order valence-corrected chi connectivity index (χ1v) is 10.4. The summed E-state index contributed by atoms with van der Waals surface area (Å²) in [5, 5.41) is 8.26. The summed E-state index contributed by atoms with van der Waals surface area (Å²) in [5.74, 6) is -1.78. The summed E-state index contributed by atoms with van der Waals surface area (Å²) >= 11 is 2.68. The van der Waals surface area contributed by atoms with Crippen LogP contribution in [0.2, 0.25) is 0 Å². The van der Waals surface area contributed by atoms with E-state index in [0.29, 0.717) is 21.5 Å². The average Bonchev–Trinajstić information content (AvgIpc) is 2.88. The molecule has 1 N–H and O–H groups in total. The first-order chi connectivity index (χ1) is 13.8. The van der Waals surface area contributed by atoms with E-state index in [9.17, 15) is 19.2 Å². The minimum absolute atomic E-state index is 0.150. The first kappa shape index (κ1) is 23.0. The number of carboxylic acids is 1. The Labute approximate surface area is 184 Å². The second kappa shape index (κ2) is 10.5. The van der Waals surface area contributed by atoms with E-state index in [2.05, 4.69) is 0 Å². The third-order valence-electron chi connectivity index (χ3n) is 3.44. The van der Waals surface area contributed by atoms with E-state index >= 15 is 0 Å². The van der Waals surface area contributed by atoms with Gasteiger partial charge in [0.25, 0.3) is 11.1 Å². The van der Waals surface area contributed by atoms with Gasteiger partial charge in [-0.2, -0.15) is 0 Å². The molecule has 1 aliphatic rings. The Balaban J connectivity index is 2.29. The molecule has 1 aromatic rings. The first-order valence-electron chi connectivity index (χ1n) is 8.48. The SMILES string of the molecule is CCOC(=O)CN1C(=O)S/C(=C\c2cc(I)c(OCC(=O)O)c(OCC)c2)C1=O. The highest BCUT2D eigenvalue weighted by atomic mass is 127. The van der Waals surface area contributed by atoms with Crippen molar-refractivity contribution in [3.63, 3.8) is 0 Å². The molecule has 1 aromatic carbocycles. The van der Waals surface area contributed by atoms with Crippen molar-refractivity contribution in [2.75, 3.05) is 26.4 Å². The molecule has 0 radical (unpaired) electrons. The summed E-state index contributed by atoms with van der Waals surface area (Å²) in [6.45, 7) is 2.90. The van der Waals surface area contributed by atoms with Crippen LogP contribution in [0.25, 0.3) is 6.08 Å². The highest BCUT2D eigenvalue weighted by molar-refractivity contribution is 14.1. The molecule has 0 aromatic heterocycles. The Kier molecular flexibility index (Phi) is 8.32. The number of rotatable bonds is 9. The van der Waals surface area contributed by atoms with Crippen LogP contribution < -0.4 is 9.47 Å². The number of esters is 1. The third kappa shape index (κ3) is 6.10. The van der Waals surface area contributed by atoms with E-state index in [4.69, 9.17) is 19.3 Å². The number of hydrogen-bond acceptors (Lipinski definition) is 8. The predicted octanol–water partition coefficient (Wildman–Crippen LogP) is 2.75. The molecule has 9 nitrogen and oxygen atoms in total. The van der Waals surface area contributed by atoms with Crippen molar-refractivity contribution in [3.05, 3.63) is 26.2 Å². The molecule has 29 heavy (non-hydrogen) atoms. The molecule has 0 bridgehead atoms. The standard InChI is InChI=1S/C18H18INO8S/c1-3-26-12-6-10(5-11(19)16(12)28-9-14(21)22)7-13-17(24)20(18(25)29-13)8-15(23)27-4-2/h5-7H,3-4,8-9H2,1-2H3,(H,21,22)/b13-7-. The minimum Gasteiger partial charge on any atom is -0.490 e. The number of thioether (sulfide) groups is 1. The third-order valence-corrected chi connectivity index (χ3v) is 5.14. The van der Waals surface area contributed by atoms with Crippen molar-refractivity contribution < 1.29 is 38.5 Å². The zero-order chi connectivity index (χ0) is 21.6. The number of carboxylic acid groups (broad SMARTS) is 1. The summed E-state index contributed by atoms with van der Waals surface area (Å²) in [7, 11) is 0. The lowest BCUT2D eigenvalue weighted by molar-refractivity contribution is -0.146. The Bertz CT molecular complexity index is 870. The van der Waals surface area contributed by atoms with Crippen molar-refractivity contribution in [2.45, 2.75) is 13.8 Å². The van der Waals surface area contributed by atoms with Gasteiger partial charge in [0.2, 0.25) is 0 Å². The minimum atomic E-state index is -1.12. The molecule has 0 aliphatic carbocycles. The van der Waals surface area contributed by atoms with Crippen LogP contribution in [-0.2, 0) is 19.1 Å². The lowest BCUT2D eigenvalue weighted by Crippen LogP contribution is -2.34. The van der Waals surface area contributed by atoms with Crippen molar-refractivity contribution in [2.24, 2.45) is 0 Å². The van der Waals surface area contributed by atoms with Crippen LogP contribution in [0, 0.1) is 3.57 Å². The Morgan fingerprint density at radius 2 is 1.93 bits per heavy atom. The summed E-state index contributed by atoms with van der Waals surface area (Å²) in [5.41, 5.74) is 0.558. The van der Waals surface area contributed by atoms with Crippen LogP contribution in [-0.4, -0.2) is 59.5 Å². The molecular formula is C18H18INO8S. The average molecular weight is 535 g/mol. The zero-order valence-corrected chi connectivity index (χ0v) is 18.6. The van der Waals surface area contributed by atoms with Crippen molar-refractivity contribution in [1.82, 2.24) is 4.90 Å². The van der Waals surface area contributed by atoms with Gasteiger partial charge in [0, 0.05) is 0 Å². The van der Waals surface area contributed by atoms with Gasteiger partial charge in [-0.25, -0.2) is 4.79 Å². The molecule has 156 valence electrons. The molecule has 0 unspecified atom stereocenters. The van der Waals surface area contributed by atoms with Crippen LogP contribution in [0.15, 0.2) is 17.0 Å². The van der Waals surface area contributed by atoms with E-state index in [1.807, 2.05) is 22.6 Å². The van der Waals surface area contributed by atoms with Gasteiger partial charge in [0.1, 0.15) is 6.54 Å². The fourth-order valence-corrected chi connectivity index (χ4v) is 3.95. The monoisotopic (exact) mass is 535 g/mol. The van der Waals surface area contributed by atoms with Crippen molar-refractivity contribution in [3.8, 4) is 11.5 Å². The summed E-state index contributed by atoms with van der Waals surface area (Å²) in [6, 6.07) is 3.25. The van der Waals surface area contributed by atoms with Crippen molar-refractivity contribution >= 4 is 63.5 Å². The van der Waals surface area contributed by atoms with E-state index in [0.717, 1.165) is 16.7 Å². The fourth-order valence-electron chi connectivity index (χ4n) is 2.33. The van der Waals surface area contributed by atoms with E-state index in [1.165, 1.54) is 6.08 Å². The number of amides is 2. The molecule has 2 rings (SSSR count).